The molecular weight excluding hydrogens is 428 g/mol. The number of ether oxygens (including phenoxy) is 1. The molecule has 1 atom stereocenters. The van der Waals surface area contributed by atoms with Crippen LogP contribution in [-0.2, 0) is 20.7 Å². The fourth-order valence-corrected chi connectivity index (χ4v) is 4.07. The van der Waals surface area contributed by atoms with E-state index in [4.69, 9.17) is 4.74 Å². The number of ketones is 1. The van der Waals surface area contributed by atoms with E-state index >= 15 is 0 Å². The Kier molecular flexibility index (Phi) is 6.59. The summed E-state index contributed by atoms with van der Waals surface area (Å²) in [4.78, 5) is 39.7. The average molecular weight is 455 g/mol. The van der Waals surface area contributed by atoms with Gasteiger partial charge in [0.25, 0.3) is 11.7 Å². The summed E-state index contributed by atoms with van der Waals surface area (Å²) in [5.74, 6) is -2.19. The van der Waals surface area contributed by atoms with E-state index in [1.54, 1.807) is 30.5 Å². The molecule has 4 aromatic rings. The summed E-state index contributed by atoms with van der Waals surface area (Å²) < 4.78 is 6.94. The first-order valence-corrected chi connectivity index (χ1v) is 11.2. The van der Waals surface area contributed by atoms with Crippen molar-refractivity contribution in [2.24, 2.45) is 0 Å². The van der Waals surface area contributed by atoms with Gasteiger partial charge in [-0.1, -0.05) is 66.7 Å². The summed E-state index contributed by atoms with van der Waals surface area (Å²) in [6.45, 7) is 3.44. The Bertz CT molecular complexity index is 1330. The van der Waals surface area contributed by atoms with Crippen LogP contribution in [0.15, 0.2) is 91.1 Å². The highest BCUT2D eigenvalue weighted by molar-refractivity contribution is 6.44. The van der Waals surface area contributed by atoms with Crippen molar-refractivity contribution in [1.82, 2.24) is 9.72 Å². The number of amides is 1. The Morgan fingerprint density at radius 3 is 2.24 bits per heavy atom. The largest absolute Gasteiger partial charge is 0.464 e. The molecule has 1 unspecified atom stereocenters. The molecule has 2 heterocycles. The second kappa shape index (κ2) is 9.75. The van der Waals surface area contributed by atoms with Gasteiger partial charge >= 0.3 is 5.97 Å². The molecule has 2 aromatic heterocycles. The molecule has 0 bridgehead atoms. The molecule has 34 heavy (non-hydrogen) atoms. The lowest BCUT2D eigenvalue weighted by Crippen LogP contribution is -2.56. The van der Waals surface area contributed by atoms with E-state index in [1.165, 1.54) is 0 Å². The van der Waals surface area contributed by atoms with Crippen molar-refractivity contribution in [3.05, 3.63) is 102 Å². The maximum atomic E-state index is 13.5. The highest BCUT2D eigenvalue weighted by Gasteiger charge is 2.39. The van der Waals surface area contributed by atoms with Crippen molar-refractivity contribution in [3.8, 4) is 11.1 Å². The van der Waals surface area contributed by atoms with E-state index in [9.17, 15) is 14.4 Å². The summed E-state index contributed by atoms with van der Waals surface area (Å²) >= 11 is 0. The van der Waals surface area contributed by atoms with Crippen molar-refractivity contribution in [2.75, 3.05) is 6.61 Å². The number of hydrogen-bond donors (Lipinski definition) is 1. The molecule has 0 fully saturated rings. The lowest BCUT2D eigenvalue weighted by atomic mass is 9.92. The Balaban J connectivity index is 1.71. The third-order valence-electron chi connectivity index (χ3n) is 5.70. The van der Waals surface area contributed by atoms with Crippen molar-refractivity contribution < 1.29 is 19.1 Å². The molecule has 0 spiro atoms. The van der Waals surface area contributed by atoms with Crippen LogP contribution in [0.25, 0.3) is 16.6 Å². The van der Waals surface area contributed by atoms with Crippen LogP contribution in [-0.4, -0.2) is 34.2 Å². The zero-order valence-electron chi connectivity index (χ0n) is 19.2. The van der Waals surface area contributed by atoms with Crippen molar-refractivity contribution in [3.63, 3.8) is 0 Å². The van der Waals surface area contributed by atoms with Crippen LogP contribution in [0.2, 0.25) is 0 Å². The van der Waals surface area contributed by atoms with E-state index in [0.717, 1.165) is 16.6 Å². The quantitative estimate of drug-likeness (QED) is 0.242. The summed E-state index contributed by atoms with van der Waals surface area (Å²) in [7, 11) is 0. The number of nitrogens with zero attached hydrogens (tertiary/aromatic N) is 1. The Hall–Kier alpha value is -4.19. The number of esters is 1. The number of carbonyl (C=O) groups excluding carboxylic acids is 3. The summed E-state index contributed by atoms with van der Waals surface area (Å²) in [6, 6.07) is 26.2. The van der Waals surface area contributed by atoms with E-state index in [0.29, 0.717) is 5.56 Å². The van der Waals surface area contributed by atoms with Gasteiger partial charge in [-0.2, -0.15) is 0 Å². The maximum Gasteiger partial charge on any atom is 0.331 e. The van der Waals surface area contributed by atoms with Gasteiger partial charge in [-0.05, 0) is 43.2 Å². The number of Topliss-reactive ketones (excluding diaryl/α,β-unsaturated/α-hetero) is 1. The molecule has 172 valence electrons. The van der Waals surface area contributed by atoms with Crippen LogP contribution < -0.4 is 5.32 Å². The second-order valence-corrected chi connectivity index (χ2v) is 8.27. The van der Waals surface area contributed by atoms with Crippen LogP contribution in [0.1, 0.15) is 29.9 Å². The molecular formula is C28H26N2O4. The number of carbonyl (C=O) groups is 3. The molecule has 0 saturated carbocycles. The lowest BCUT2D eigenvalue weighted by molar-refractivity contribution is -0.152. The fraction of sp³-hybridized carbons (Fsp3) is 0.179. The predicted octanol–water partition coefficient (Wildman–Crippen LogP) is 4.47. The molecule has 6 heteroatoms. The lowest BCUT2D eigenvalue weighted by Gasteiger charge is -2.28. The normalized spacial score (nSPS) is 12.6. The minimum Gasteiger partial charge on any atom is -0.464 e. The summed E-state index contributed by atoms with van der Waals surface area (Å²) in [6.07, 6.45) is 1.93. The van der Waals surface area contributed by atoms with Gasteiger partial charge in [-0.15, -0.1) is 0 Å². The van der Waals surface area contributed by atoms with E-state index < -0.39 is 23.2 Å². The van der Waals surface area contributed by atoms with Crippen molar-refractivity contribution >= 4 is 23.2 Å². The molecule has 0 radical (unpaired) electrons. The number of rotatable bonds is 8. The molecule has 0 aliphatic heterocycles. The van der Waals surface area contributed by atoms with E-state index in [2.05, 4.69) is 5.32 Å². The van der Waals surface area contributed by atoms with Crippen LogP contribution in [0.5, 0.6) is 0 Å². The number of aromatic nitrogens is 1. The standard InChI is InChI=1S/C28H26N2O4/c1-3-34-27(33)28(2,19-20-12-6-4-7-13-20)29-26(32)25(31)24-23(21-14-8-5-9-15-21)18-22-16-10-11-17-30(22)24/h4-18H,3,19H2,1-2H3,(H,29,32). The molecule has 1 amide bonds. The van der Waals surface area contributed by atoms with Crippen molar-refractivity contribution in [2.45, 2.75) is 25.8 Å². The van der Waals surface area contributed by atoms with Crippen LogP contribution >= 0.6 is 0 Å². The second-order valence-electron chi connectivity index (χ2n) is 8.27. The SMILES string of the molecule is CCOC(=O)C(C)(Cc1ccccc1)NC(=O)C(=O)c1c(-c2ccccc2)cc2ccccn12. The third kappa shape index (κ3) is 4.62. The first kappa shape index (κ1) is 23.0. The minimum absolute atomic E-state index is 0.161. The molecule has 2 aromatic carbocycles. The average Bonchev–Trinajstić information content (AvgIpc) is 3.24. The van der Waals surface area contributed by atoms with Gasteiger partial charge < -0.3 is 14.5 Å². The van der Waals surface area contributed by atoms with Gasteiger partial charge in [-0.25, -0.2) is 4.79 Å². The van der Waals surface area contributed by atoms with Gasteiger partial charge in [-0.3, -0.25) is 9.59 Å². The van der Waals surface area contributed by atoms with E-state index in [1.807, 2.05) is 78.9 Å². The highest BCUT2D eigenvalue weighted by atomic mass is 16.5. The Morgan fingerprint density at radius 1 is 0.912 bits per heavy atom. The number of pyridine rings is 1. The number of nitrogens with one attached hydrogen (secondary N) is 1. The van der Waals surface area contributed by atoms with Gasteiger partial charge in [0.05, 0.1) is 6.61 Å². The number of fused-ring (bicyclic) bond motifs is 1. The molecule has 4 rings (SSSR count). The summed E-state index contributed by atoms with van der Waals surface area (Å²) in [5, 5.41) is 2.68. The van der Waals surface area contributed by atoms with E-state index in [-0.39, 0.29) is 18.7 Å². The van der Waals surface area contributed by atoms with Crippen molar-refractivity contribution in [1.29, 1.82) is 0 Å². The van der Waals surface area contributed by atoms with Crippen LogP contribution in [0, 0.1) is 0 Å². The first-order chi connectivity index (χ1) is 16.4. The monoisotopic (exact) mass is 454 g/mol. The predicted molar refractivity (Wildman–Crippen MR) is 130 cm³/mol. The summed E-state index contributed by atoms with van der Waals surface area (Å²) in [5.41, 5.74) is 1.92. The third-order valence-corrected chi connectivity index (χ3v) is 5.70. The molecule has 6 nitrogen and oxygen atoms in total. The van der Waals surface area contributed by atoms with Gasteiger partial charge in [0.15, 0.2) is 0 Å². The zero-order valence-corrected chi connectivity index (χ0v) is 19.2. The van der Waals surface area contributed by atoms with Crippen LogP contribution in [0.3, 0.4) is 0 Å². The molecule has 0 aliphatic carbocycles. The molecule has 1 N–H and O–H groups in total. The topological polar surface area (TPSA) is 76.9 Å². The first-order valence-electron chi connectivity index (χ1n) is 11.2. The zero-order chi connectivity index (χ0) is 24.1. The maximum absolute atomic E-state index is 13.5. The minimum atomic E-state index is -1.41. The Labute approximate surface area is 198 Å². The van der Waals surface area contributed by atoms with Crippen LogP contribution in [0.4, 0.5) is 0 Å². The fourth-order valence-electron chi connectivity index (χ4n) is 4.07. The number of benzene rings is 2. The number of hydrogen-bond acceptors (Lipinski definition) is 4. The smallest absolute Gasteiger partial charge is 0.331 e. The Morgan fingerprint density at radius 2 is 1.56 bits per heavy atom. The molecule has 0 saturated heterocycles. The van der Waals surface area contributed by atoms with Gasteiger partial charge in [0.2, 0.25) is 0 Å². The molecule has 0 aliphatic rings. The van der Waals surface area contributed by atoms with Gasteiger partial charge in [0, 0.05) is 23.7 Å². The van der Waals surface area contributed by atoms with Gasteiger partial charge in [0.1, 0.15) is 11.2 Å². The highest BCUT2D eigenvalue weighted by Crippen LogP contribution is 2.28.